The van der Waals surface area contributed by atoms with Gasteiger partial charge < -0.3 is 5.32 Å². The summed E-state index contributed by atoms with van der Waals surface area (Å²) in [5.41, 5.74) is 0.972. The molecule has 0 atom stereocenters. The molecule has 24 heavy (non-hydrogen) atoms. The zero-order valence-corrected chi connectivity index (χ0v) is 16.9. The number of nitrogens with one attached hydrogen (secondary N) is 1. The van der Waals surface area contributed by atoms with Crippen LogP contribution in [-0.2, 0) is 17.3 Å². The molecule has 0 bridgehead atoms. The molecule has 136 valence electrons. The number of hydrogen-bond acceptors (Lipinski definition) is 3. The van der Waals surface area contributed by atoms with E-state index in [0.29, 0.717) is 5.25 Å². The number of anilines is 1. The summed E-state index contributed by atoms with van der Waals surface area (Å²) in [5.74, 6) is 0.847. The highest BCUT2D eigenvalue weighted by molar-refractivity contribution is 8.02. The molecule has 2 rings (SSSR count). The fourth-order valence-corrected chi connectivity index (χ4v) is 4.61. The van der Waals surface area contributed by atoms with Crippen LogP contribution in [0.5, 0.6) is 0 Å². The number of thioether (sulfide) groups is 1. The van der Waals surface area contributed by atoms with Crippen molar-refractivity contribution in [2.24, 2.45) is 7.05 Å². The normalized spacial score (nSPS) is 17.6. The number of aromatic nitrogens is 2. The van der Waals surface area contributed by atoms with Gasteiger partial charge in [-0.05, 0) is 26.7 Å². The summed E-state index contributed by atoms with van der Waals surface area (Å²) in [4.78, 5) is 12.8. The van der Waals surface area contributed by atoms with Crippen molar-refractivity contribution in [2.75, 3.05) is 5.32 Å². The Morgan fingerprint density at radius 3 is 2.25 bits per heavy atom. The largest absolute Gasteiger partial charge is 0.310 e. The van der Waals surface area contributed by atoms with Gasteiger partial charge in [-0.15, -0.1) is 11.8 Å². The Balaban J connectivity index is 2.03. The number of rotatable bonds is 4. The lowest BCUT2D eigenvalue weighted by Gasteiger charge is -2.27. The van der Waals surface area contributed by atoms with Crippen molar-refractivity contribution in [3.05, 3.63) is 11.8 Å². The van der Waals surface area contributed by atoms with Crippen LogP contribution in [0.2, 0.25) is 0 Å². The summed E-state index contributed by atoms with van der Waals surface area (Å²) in [7, 11) is 1.89. The van der Waals surface area contributed by atoms with Gasteiger partial charge in [0.1, 0.15) is 5.82 Å². The molecule has 1 aliphatic carbocycles. The van der Waals surface area contributed by atoms with Crippen LogP contribution in [0.4, 0.5) is 5.82 Å². The molecule has 1 aromatic rings. The maximum absolute atomic E-state index is 12.8. The van der Waals surface area contributed by atoms with E-state index in [2.05, 4.69) is 31.2 Å². The minimum atomic E-state index is -0.429. The summed E-state index contributed by atoms with van der Waals surface area (Å²) in [6.07, 6.45) is 7.75. The minimum Gasteiger partial charge on any atom is -0.310 e. The van der Waals surface area contributed by atoms with E-state index < -0.39 is 4.75 Å². The first-order chi connectivity index (χ1) is 11.1. The third kappa shape index (κ3) is 5.01. The van der Waals surface area contributed by atoms with Crippen LogP contribution in [0, 0.1) is 0 Å². The van der Waals surface area contributed by atoms with E-state index in [4.69, 9.17) is 0 Å². The van der Waals surface area contributed by atoms with Gasteiger partial charge in [-0.25, -0.2) is 0 Å². The van der Waals surface area contributed by atoms with E-state index in [1.54, 1.807) is 4.68 Å². The van der Waals surface area contributed by atoms with Crippen LogP contribution in [0.15, 0.2) is 6.07 Å². The Hall–Kier alpha value is -0.970. The lowest BCUT2D eigenvalue weighted by molar-refractivity contribution is -0.117. The van der Waals surface area contributed by atoms with Crippen LogP contribution in [0.1, 0.15) is 78.8 Å². The third-order valence-electron chi connectivity index (χ3n) is 4.70. The Bertz CT molecular complexity index is 564. The maximum Gasteiger partial charge on any atom is 0.241 e. The van der Waals surface area contributed by atoms with Crippen molar-refractivity contribution >= 4 is 23.5 Å². The summed E-state index contributed by atoms with van der Waals surface area (Å²) in [6, 6.07) is 1.99. The van der Waals surface area contributed by atoms with Gasteiger partial charge in [-0.2, -0.15) is 5.10 Å². The van der Waals surface area contributed by atoms with Gasteiger partial charge >= 0.3 is 0 Å². The number of carbonyl (C=O) groups excluding carboxylic acids is 1. The molecule has 0 aromatic carbocycles. The first-order valence-corrected chi connectivity index (χ1v) is 10.0. The van der Waals surface area contributed by atoms with Crippen molar-refractivity contribution in [3.63, 3.8) is 0 Å². The number of nitrogens with zero attached hydrogens (tertiary/aromatic N) is 2. The van der Waals surface area contributed by atoms with Gasteiger partial charge in [0.2, 0.25) is 5.91 Å². The van der Waals surface area contributed by atoms with Crippen LogP contribution < -0.4 is 5.32 Å². The zero-order valence-electron chi connectivity index (χ0n) is 16.1. The highest BCUT2D eigenvalue weighted by Gasteiger charge is 2.33. The lowest BCUT2D eigenvalue weighted by atomic mass is 9.92. The molecule has 0 radical (unpaired) electrons. The molecule has 1 amide bonds. The molecule has 4 nitrogen and oxygen atoms in total. The van der Waals surface area contributed by atoms with E-state index in [-0.39, 0.29) is 11.3 Å². The highest BCUT2D eigenvalue weighted by atomic mass is 32.2. The van der Waals surface area contributed by atoms with Crippen molar-refractivity contribution in [2.45, 2.75) is 88.6 Å². The Morgan fingerprint density at radius 1 is 1.17 bits per heavy atom. The third-order valence-corrected chi connectivity index (χ3v) is 6.28. The van der Waals surface area contributed by atoms with Crippen molar-refractivity contribution in [1.29, 1.82) is 0 Å². The van der Waals surface area contributed by atoms with Gasteiger partial charge in [0, 0.05) is 23.8 Å². The van der Waals surface area contributed by atoms with E-state index in [9.17, 15) is 4.79 Å². The molecule has 0 aliphatic heterocycles. The van der Waals surface area contributed by atoms with E-state index in [1.807, 2.05) is 38.7 Å². The molecule has 1 aliphatic rings. The second-order valence-electron chi connectivity index (χ2n) is 8.48. The minimum absolute atomic E-state index is 0.0225. The monoisotopic (exact) mass is 351 g/mol. The van der Waals surface area contributed by atoms with E-state index in [1.165, 1.54) is 38.5 Å². The van der Waals surface area contributed by atoms with Crippen LogP contribution >= 0.6 is 11.8 Å². The molecule has 1 heterocycles. The maximum atomic E-state index is 12.8. The Morgan fingerprint density at radius 2 is 1.75 bits per heavy atom. The number of aryl methyl sites for hydroxylation is 1. The summed E-state index contributed by atoms with van der Waals surface area (Å²) in [6.45, 7) is 10.5. The first kappa shape index (κ1) is 19.4. The van der Waals surface area contributed by atoms with E-state index >= 15 is 0 Å². The van der Waals surface area contributed by atoms with Crippen LogP contribution in [0.3, 0.4) is 0 Å². The molecule has 1 aromatic heterocycles. The molecule has 5 heteroatoms. The van der Waals surface area contributed by atoms with Gasteiger partial charge in [0.15, 0.2) is 0 Å². The molecular formula is C19H33N3OS. The SMILES string of the molecule is Cn1nc(C(C)(C)C)cc1NC(=O)C(C)(C)SC1CCCCCC1. The zero-order chi connectivity index (χ0) is 18.0. The second-order valence-corrected chi connectivity index (χ2v) is 10.4. The molecule has 1 N–H and O–H groups in total. The van der Waals surface area contributed by atoms with Gasteiger partial charge in [0.25, 0.3) is 0 Å². The average molecular weight is 352 g/mol. The average Bonchev–Trinajstić information content (AvgIpc) is 2.68. The first-order valence-electron chi connectivity index (χ1n) is 9.13. The summed E-state index contributed by atoms with van der Waals surface area (Å²) in [5, 5.41) is 8.23. The standard InChI is InChI=1S/C19H33N3OS/c1-18(2,3)15-13-16(22(6)21-15)20-17(23)19(4,5)24-14-11-9-7-8-10-12-14/h13-14H,7-12H2,1-6H3,(H,20,23). The fraction of sp³-hybridized carbons (Fsp3) is 0.789. The predicted molar refractivity (Wildman–Crippen MR) is 104 cm³/mol. The molecular weight excluding hydrogens is 318 g/mol. The van der Waals surface area contributed by atoms with Gasteiger partial charge in [-0.3, -0.25) is 9.48 Å². The smallest absolute Gasteiger partial charge is 0.241 e. The Kier molecular flexibility index (Phi) is 6.05. The van der Waals surface area contributed by atoms with Crippen LogP contribution in [0.25, 0.3) is 0 Å². The number of carbonyl (C=O) groups is 1. The van der Waals surface area contributed by atoms with Gasteiger partial charge in [-0.1, -0.05) is 46.5 Å². The molecule has 0 saturated heterocycles. The summed E-state index contributed by atoms with van der Waals surface area (Å²) < 4.78 is 1.34. The van der Waals surface area contributed by atoms with Crippen molar-refractivity contribution in [1.82, 2.24) is 9.78 Å². The van der Waals surface area contributed by atoms with Crippen molar-refractivity contribution in [3.8, 4) is 0 Å². The Labute approximate surface area is 151 Å². The number of amides is 1. The topological polar surface area (TPSA) is 46.9 Å². The van der Waals surface area contributed by atoms with E-state index in [0.717, 1.165) is 11.5 Å². The molecule has 0 unspecified atom stereocenters. The number of hydrogen-bond donors (Lipinski definition) is 1. The highest BCUT2D eigenvalue weighted by Crippen LogP contribution is 2.37. The summed E-state index contributed by atoms with van der Waals surface area (Å²) >= 11 is 1.84. The fourth-order valence-electron chi connectivity index (χ4n) is 3.05. The second kappa shape index (κ2) is 7.51. The van der Waals surface area contributed by atoms with Crippen LogP contribution in [-0.4, -0.2) is 25.7 Å². The predicted octanol–water partition coefficient (Wildman–Crippen LogP) is 4.89. The molecule has 1 saturated carbocycles. The van der Waals surface area contributed by atoms with Gasteiger partial charge in [0.05, 0.1) is 10.4 Å². The van der Waals surface area contributed by atoms with Crippen molar-refractivity contribution < 1.29 is 4.79 Å². The molecule has 1 fully saturated rings. The molecule has 0 spiro atoms. The lowest BCUT2D eigenvalue weighted by Crippen LogP contribution is -2.36. The quantitative estimate of drug-likeness (QED) is 0.786.